The summed E-state index contributed by atoms with van der Waals surface area (Å²) in [6.45, 7) is 8.14. The summed E-state index contributed by atoms with van der Waals surface area (Å²) in [6, 6.07) is 5.70. The molecule has 1 aromatic rings. The molecule has 140 valence electrons. The Morgan fingerprint density at radius 2 is 1.92 bits per heavy atom. The first kappa shape index (κ1) is 18.6. The second-order valence-electron chi connectivity index (χ2n) is 7.28. The van der Waals surface area contributed by atoms with Crippen molar-refractivity contribution in [3.8, 4) is 0 Å². The van der Waals surface area contributed by atoms with E-state index in [2.05, 4.69) is 18.7 Å². The number of carbonyl (C=O) groups is 3. The van der Waals surface area contributed by atoms with Gasteiger partial charge in [-0.05, 0) is 43.4 Å². The lowest BCUT2D eigenvalue weighted by atomic mass is 9.97. The molecule has 6 nitrogen and oxygen atoms in total. The molecule has 0 saturated carbocycles. The highest BCUT2D eigenvalue weighted by Gasteiger charge is 2.37. The lowest BCUT2D eigenvalue weighted by Gasteiger charge is -2.33. The van der Waals surface area contributed by atoms with E-state index in [1.165, 1.54) is 0 Å². The Kier molecular flexibility index (Phi) is 5.41. The molecule has 0 radical (unpaired) electrons. The van der Waals surface area contributed by atoms with Crippen LogP contribution in [0.1, 0.15) is 55.5 Å². The third-order valence-electron chi connectivity index (χ3n) is 5.21. The smallest absolute Gasteiger partial charge is 0.309 e. The second kappa shape index (κ2) is 7.58. The van der Waals surface area contributed by atoms with Crippen LogP contribution in [0.3, 0.4) is 0 Å². The van der Waals surface area contributed by atoms with E-state index in [0.717, 1.165) is 5.56 Å². The normalized spacial score (nSPS) is 18.5. The fourth-order valence-electron chi connectivity index (χ4n) is 3.59. The minimum Gasteiger partial charge on any atom is -0.466 e. The SMILES string of the molecule is CCOC(=O)C1CCN(CN2C(=O)C(=O)c3cc(C(C)C)ccc32)CC1. The lowest BCUT2D eigenvalue weighted by molar-refractivity contribution is -0.149. The van der Waals surface area contributed by atoms with Crippen LogP contribution in [0.5, 0.6) is 0 Å². The molecule has 1 fully saturated rings. The Labute approximate surface area is 154 Å². The van der Waals surface area contributed by atoms with Crippen LogP contribution in [-0.4, -0.2) is 48.9 Å². The number of ketones is 1. The average molecular weight is 358 g/mol. The molecule has 1 amide bonds. The molecule has 2 heterocycles. The zero-order chi connectivity index (χ0) is 18.8. The maximum Gasteiger partial charge on any atom is 0.309 e. The molecule has 3 rings (SSSR count). The number of hydrogen-bond acceptors (Lipinski definition) is 5. The number of nitrogens with zero attached hydrogens (tertiary/aromatic N) is 2. The van der Waals surface area contributed by atoms with Crippen LogP contribution in [0.25, 0.3) is 0 Å². The van der Waals surface area contributed by atoms with E-state index in [9.17, 15) is 14.4 Å². The number of carbonyl (C=O) groups excluding carboxylic acids is 3. The van der Waals surface area contributed by atoms with Gasteiger partial charge in [-0.25, -0.2) is 0 Å². The van der Waals surface area contributed by atoms with Crippen LogP contribution in [0, 0.1) is 5.92 Å². The van der Waals surface area contributed by atoms with Crippen molar-refractivity contribution in [1.82, 2.24) is 4.90 Å². The summed E-state index contributed by atoms with van der Waals surface area (Å²) < 4.78 is 5.09. The van der Waals surface area contributed by atoms with Gasteiger partial charge in [0.05, 0.1) is 30.4 Å². The molecular formula is C20H26N2O4. The van der Waals surface area contributed by atoms with Crippen molar-refractivity contribution in [2.45, 2.75) is 39.5 Å². The molecular weight excluding hydrogens is 332 g/mol. The number of Topliss-reactive ketones (excluding diaryl/α,β-unsaturated/α-hetero) is 1. The molecule has 0 aromatic heterocycles. The number of benzene rings is 1. The van der Waals surface area contributed by atoms with Crippen molar-refractivity contribution >= 4 is 23.3 Å². The molecule has 0 unspecified atom stereocenters. The first-order valence-electron chi connectivity index (χ1n) is 9.31. The molecule has 6 heteroatoms. The molecule has 1 saturated heterocycles. The van der Waals surface area contributed by atoms with Gasteiger partial charge in [-0.3, -0.25) is 24.2 Å². The fraction of sp³-hybridized carbons (Fsp3) is 0.550. The molecule has 0 N–H and O–H groups in total. The number of rotatable bonds is 5. The Balaban J connectivity index is 1.68. The van der Waals surface area contributed by atoms with Gasteiger partial charge in [-0.2, -0.15) is 0 Å². The number of piperidine rings is 1. The van der Waals surface area contributed by atoms with Crippen LogP contribution in [0.2, 0.25) is 0 Å². The van der Waals surface area contributed by atoms with Crippen molar-refractivity contribution in [2.75, 3.05) is 31.3 Å². The highest BCUT2D eigenvalue weighted by molar-refractivity contribution is 6.52. The van der Waals surface area contributed by atoms with Crippen LogP contribution in [0.15, 0.2) is 18.2 Å². The molecule has 26 heavy (non-hydrogen) atoms. The van der Waals surface area contributed by atoms with E-state index < -0.39 is 11.7 Å². The average Bonchev–Trinajstić information content (AvgIpc) is 2.87. The Morgan fingerprint density at radius 3 is 2.54 bits per heavy atom. The molecule has 2 aliphatic rings. The van der Waals surface area contributed by atoms with Crippen molar-refractivity contribution in [2.24, 2.45) is 5.92 Å². The number of anilines is 1. The van der Waals surface area contributed by atoms with Gasteiger partial charge in [0.25, 0.3) is 5.78 Å². The zero-order valence-corrected chi connectivity index (χ0v) is 15.7. The van der Waals surface area contributed by atoms with Crippen LogP contribution < -0.4 is 4.90 Å². The molecule has 0 atom stereocenters. The Hall–Kier alpha value is -2.21. The molecule has 2 aliphatic heterocycles. The third kappa shape index (κ3) is 3.51. The van der Waals surface area contributed by atoms with Gasteiger partial charge in [-0.15, -0.1) is 0 Å². The van der Waals surface area contributed by atoms with Crippen molar-refractivity contribution in [3.05, 3.63) is 29.3 Å². The van der Waals surface area contributed by atoms with E-state index in [4.69, 9.17) is 4.74 Å². The zero-order valence-electron chi connectivity index (χ0n) is 15.7. The predicted octanol–water partition coefficient (Wildman–Crippen LogP) is 2.57. The minimum atomic E-state index is -0.464. The van der Waals surface area contributed by atoms with Gasteiger partial charge in [-0.1, -0.05) is 19.9 Å². The highest BCUT2D eigenvalue weighted by Crippen LogP contribution is 2.32. The van der Waals surface area contributed by atoms with Gasteiger partial charge in [0, 0.05) is 13.1 Å². The maximum atomic E-state index is 12.5. The van der Waals surface area contributed by atoms with Crippen LogP contribution in [-0.2, 0) is 14.3 Å². The number of amides is 1. The second-order valence-corrected chi connectivity index (χ2v) is 7.28. The Morgan fingerprint density at radius 1 is 1.23 bits per heavy atom. The largest absolute Gasteiger partial charge is 0.466 e. The van der Waals surface area contributed by atoms with E-state index in [-0.39, 0.29) is 11.9 Å². The van der Waals surface area contributed by atoms with Gasteiger partial charge in [0.1, 0.15) is 0 Å². The molecule has 0 bridgehead atoms. The first-order valence-corrected chi connectivity index (χ1v) is 9.31. The molecule has 1 aromatic carbocycles. The Bertz CT molecular complexity index is 721. The number of esters is 1. The van der Waals surface area contributed by atoms with Crippen molar-refractivity contribution in [3.63, 3.8) is 0 Å². The number of likely N-dealkylation sites (tertiary alicyclic amines) is 1. The number of ether oxygens (including phenoxy) is 1. The topological polar surface area (TPSA) is 66.9 Å². The van der Waals surface area contributed by atoms with Crippen LogP contribution >= 0.6 is 0 Å². The predicted molar refractivity (Wildman–Crippen MR) is 98.1 cm³/mol. The van der Waals surface area contributed by atoms with Crippen molar-refractivity contribution < 1.29 is 19.1 Å². The standard InChI is InChI=1S/C20H26N2O4/c1-4-26-20(25)14-7-9-21(10-8-14)12-22-17-6-5-15(13(2)3)11-16(17)18(23)19(22)24/h5-6,11,13-14H,4,7-10,12H2,1-3H3. The van der Waals surface area contributed by atoms with Gasteiger partial charge < -0.3 is 4.74 Å². The first-order chi connectivity index (χ1) is 12.4. The summed E-state index contributed by atoms with van der Waals surface area (Å²) >= 11 is 0. The summed E-state index contributed by atoms with van der Waals surface area (Å²) in [4.78, 5) is 40.3. The highest BCUT2D eigenvalue weighted by atomic mass is 16.5. The summed E-state index contributed by atoms with van der Waals surface area (Å²) in [6.07, 6.45) is 1.43. The summed E-state index contributed by atoms with van der Waals surface area (Å²) in [5.41, 5.74) is 2.25. The fourth-order valence-corrected chi connectivity index (χ4v) is 3.59. The summed E-state index contributed by atoms with van der Waals surface area (Å²) in [5, 5.41) is 0. The van der Waals surface area contributed by atoms with Crippen LogP contribution in [0.4, 0.5) is 5.69 Å². The quantitative estimate of drug-likeness (QED) is 0.598. The van der Waals surface area contributed by atoms with E-state index in [1.807, 2.05) is 25.1 Å². The molecule has 0 aliphatic carbocycles. The van der Waals surface area contributed by atoms with Gasteiger partial charge >= 0.3 is 11.9 Å². The number of fused-ring (bicyclic) bond motifs is 1. The van der Waals surface area contributed by atoms with E-state index in [1.54, 1.807) is 4.90 Å². The summed E-state index contributed by atoms with van der Waals surface area (Å²) in [5.74, 6) is -0.786. The monoisotopic (exact) mass is 358 g/mol. The van der Waals surface area contributed by atoms with E-state index in [0.29, 0.717) is 56.4 Å². The lowest BCUT2D eigenvalue weighted by Crippen LogP contribution is -2.45. The van der Waals surface area contributed by atoms with Gasteiger partial charge in [0.15, 0.2) is 0 Å². The van der Waals surface area contributed by atoms with Crippen molar-refractivity contribution in [1.29, 1.82) is 0 Å². The van der Waals surface area contributed by atoms with Gasteiger partial charge in [0.2, 0.25) is 0 Å². The van der Waals surface area contributed by atoms with E-state index >= 15 is 0 Å². The third-order valence-corrected chi connectivity index (χ3v) is 5.21. The minimum absolute atomic E-state index is 0.0667. The summed E-state index contributed by atoms with van der Waals surface area (Å²) in [7, 11) is 0. The number of hydrogen-bond donors (Lipinski definition) is 0. The molecule has 0 spiro atoms. The maximum absolute atomic E-state index is 12.5.